The first-order valence-electron chi connectivity index (χ1n) is 7.24. The van der Waals surface area contributed by atoms with E-state index in [1.54, 1.807) is 13.3 Å². The molecule has 0 fully saturated rings. The summed E-state index contributed by atoms with van der Waals surface area (Å²) in [5, 5.41) is 5.05. The van der Waals surface area contributed by atoms with Gasteiger partial charge >= 0.3 is 0 Å². The highest BCUT2D eigenvalue weighted by Crippen LogP contribution is 2.17. The molecular formula is C18H17N3O2. The summed E-state index contributed by atoms with van der Waals surface area (Å²) in [6.45, 7) is 1.84. The fourth-order valence-electron chi connectivity index (χ4n) is 2.37. The molecule has 0 aliphatic carbocycles. The van der Waals surface area contributed by atoms with Gasteiger partial charge in [0.1, 0.15) is 5.75 Å². The van der Waals surface area contributed by atoms with Gasteiger partial charge in [0.05, 0.1) is 18.4 Å². The lowest BCUT2D eigenvalue weighted by molar-refractivity contribution is 0.0956. The lowest BCUT2D eigenvalue weighted by Crippen LogP contribution is -2.19. The molecule has 3 rings (SSSR count). The van der Waals surface area contributed by atoms with Crippen LogP contribution in [0.2, 0.25) is 0 Å². The molecule has 0 radical (unpaired) electrons. The number of para-hydroxylation sites is 1. The van der Waals surface area contributed by atoms with Crippen LogP contribution in [-0.2, 0) is 0 Å². The third kappa shape index (κ3) is 3.08. The summed E-state index contributed by atoms with van der Waals surface area (Å²) in [7, 11) is 1.62. The molecule has 1 heterocycles. The van der Waals surface area contributed by atoms with Gasteiger partial charge in [-0.1, -0.05) is 30.3 Å². The van der Waals surface area contributed by atoms with Crippen LogP contribution >= 0.6 is 0 Å². The van der Waals surface area contributed by atoms with Crippen LogP contribution in [0.3, 0.4) is 0 Å². The minimum Gasteiger partial charge on any atom is -0.497 e. The Bertz CT molecular complexity index is 881. The molecule has 5 nitrogen and oxygen atoms in total. The number of rotatable bonds is 4. The molecule has 23 heavy (non-hydrogen) atoms. The summed E-state index contributed by atoms with van der Waals surface area (Å²) in [5.41, 5.74) is 5.69. The predicted molar refractivity (Wildman–Crippen MR) is 91.0 cm³/mol. The van der Waals surface area contributed by atoms with Gasteiger partial charge in [0, 0.05) is 22.7 Å². The Balaban J connectivity index is 1.79. The number of benzene rings is 2. The van der Waals surface area contributed by atoms with E-state index in [-0.39, 0.29) is 5.91 Å². The molecule has 0 bridgehead atoms. The molecule has 5 heteroatoms. The Hall–Kier alpha value is -3.08. The van der Waals surface area contributed by atoms with Gasteiger partial charge in [-0.15, -0.1) is 0 Å². The number of carbonyl (C=O) groups excluding carboxylic acids is 1. The van der Waals surface area contributed by atoms with Crippen molar-refractivity contribution in [1.29, 1.82) is 0 Å². The second-order valence-corrected chi connectivity index (χ2v) is 5.12. The van der Waals surface area contributed by atoms with Gasteiger partial charge in [-0.2, -0.15) is 5.10 Å². The van der Waals surface area contributed by atoms with Crippen molar-refractivity contribution in [1.82, 2.24) is 10.4 Å². The Morgan fingerprint density at radius 3 is 2.83 bits per heavy atom. The average molecular weight is 307 g/mol. The summed E-state index contributed by atoms with van der Waals surface area (Å²) in [6.07, 6.45) is 1.69. The maximum atomic E-state index is 12.3. The second-order valence-electron chi connectivity index (χ2n) is 5.12. The number of amides is 1. The van der Waals surface area contributed by atoms with Crippen molar-refractivity contribution in [2.75, 3.05) is 7.11 Å². The van der Waals surface area contributed by atoms with Gasteiger partial charge in [-0.25, -0.2) is 5.43 Å². The molecule has 1 aromatic heterocycles. The number of nitrogens with one attached hydrogen (secondary N) is 2. The molecule has 3 aromatic rings. The molecule has 0 aliphatic rings. The van der Waals surface area contributed by atoms with E-state index < -0.39 is 0 Å². The van der Waals surface area contributed by atoms with E-state index in [0.717, 1.165) is 22.2 Å². The topological polar surface area (TPSA) is 66.5 Å². The van der Waals surface area contributed by atoms with E-state index in [4.69, 9.17) is 4.74 Å². The van der Waals surface area contributed by atoms with Crippen LogP contribution in [-0.4, -0.2) is 23.7 Å². The first-order chi connectivity index (χ1) is 11.2. The minimum atomic E-state index is -0.246. The van der Waals surface area contributed by atoms with Crippen molar-refractivity contribution >= 4 is 22.5 Å². The van der Waals surface area contributed by atoms with Crippen LogP contribution in [0.5, 0.6) is 5.75 Å². The summed E-state index contributed by atoms with van der Waals surface area (Å²) >= 11 is 0. The highest BCUT2D eigenvalue weighted by molar-refractivity contribution is 6.07. The van der Waals surface area contributed by atoms with Gasteiger partial charge in [0.15, 0.2) is 0 Å². The smallest absolute Gasteiger partial charge is 0.273 e. The number of H-pyrrole nitrogens is 1. The van der Waals surface area contributed by atoms with Crippen LogP contribution in [0.15, 0.2) is 59.8 Å². The maximum absolute atomic E-state index is 12.3. The van der Waals surface area contributed by atoms with E-state index in [2.05, 4.69) is 15.5 Å². The number of hydrogen-bond donors (Lipinski definition) is 2. The highest BCUT2D eigenvalue weighted by atomic mass is 16.5. The zero-order chi connectivity index (χ0) is 16.2. The molecular weight excluding hydrogens is 290 g/mol. The zero-order valence-electron chi connectivity index (χ0n) is 13.0. The van der Waals surface area contributed by atoms with Crippen LogP contribution in [0, 0.1) is 0 Å². The van der Waals surface area contributed by atoms with Gasteiger partial charge in [-0.3, -0.25) is 4.79 Å². The fourth-order valence-corrected chi connectivity index (χ4v) is 2.37. The number of hydrogen-bond acceptors (Lipinski definition) is 3. The Morgan fingerprint density at radius 2 is 2.00 bits per heavy atom. The number of fused-ring (bicyclic) bond motifs is 1. The Kier molecular flexibility index (Phi) is 4.10. The van der Waals surface area contributed by atoms with Gasteiger partial charge in [-0.05, 0) is 25.1 Å². The van der Waals surface area contributed by atoms with Crippen LogP contribution in [0.25, 0.3) is 10.9 Å². The molecule has 2 N–H and O–H groups in total. The fraction of sp³-hybridized carbons (Fsp3) is 0.111. The quantitative estimate of drug-likeness (QED) is 0.573. The highest BCUT2D eigenvalue weighted by Gasteiger charge is 2.11. The maximum Gasteiger partial charge on any atom is 0.273 e. The molecule has 0 atom stereocenters. The number of hydrazone groups is 1. The van der Waals surface area contributed by atoms with Crippen LogP contribution in [0.1, 0.15) is 22.8 Å². The molecule has 2 aromatic carbocycles. The monoisotopic (exact) mass is 307 g/mol. The average Bonchev–Trinajstić information content (AvgIpc) is 3.03. The number of methoxy groups -OCH3 is 1. The first kappa shape index (κ1) is 14.8. The lowest BCUT2D eigenvalue weighted by atomic mass is 10.1. The second kappa shape index (κ2) is 6.36. The Labute approximate surface area is 134 Å². The Morgan fingerprint density at radius 1 is 1.17 bits per heavy atom. The third-order valence-electron chi connectivity index (χ3n) is 3.65. The van der Waals surface area contributed by atoms with Crippen molar-refractivity contribution in [3.8, 4) is 5.75 Å². The molecule has 1 amide bonds. The number of aromatic nitrogens is 1. The van der Waals surface area contributed by atoms with Crippen LogP contribution < -0.4 is 10.2 Å². The van der Waals surface area contributed by atoms with Gasteiger partial charge in [0.2, 0.25) is 0 Å². The summed E-state index contributed by atoms with van der Waals surface area (Å²) in [5.74, 6) is 0.504. The molecule has 0 spiro atoms. The van der Waals surface area contributed by atoms with Crippen LogP contribution in [0.4, 0.5) is 0 Å². The summed E-state index contributed by atoms with van der Waals surface area (Å²) < 4.78 is 5.19. The molecule has 0 saturated carbocycles. The van der Waals surface area contributed by atoms with Gasteiger partial charge in [0.25, 0.3) is 5.91 Å². The zero-order valence-corrected chi connectivity index (χ0v) is 13.0. The minimum absolute atomic E-state index is 0.246. The van der Waals surface area contributed by atoms with Crippen molar-refractivity contribution in [2.24, 2.45) is 5.10 Å². The van der Waals surface area contributed by atoms with E-state index in [0.29, 0.717) is 11.3 Å². The number of nitrogens with zero attached hydrogens (tertiary/aromatic N) is 1. The van der Waals surface area contributed by atoms with Crippen molar-refractivity contribution in [3.05, 3.63) is 65.9 Å². The normalized spacial score (nSPS) is 11.5. The predicted octanol–water partition coefficient (Wildman–Crippen LogP) is 3.33. The van der Waals surface area contributed by atoms with Crippen molar-refractivity contribution in [2.45, 2.75) is 6.92 Å². The van der Waals surface area contributed by atoms with Gasteiger partial charge < -0.3 is 9.72 Å². The summed E-state index contributed by atoms with van der Waals surface area (Å²) in [4.78, 5) is 15.4. The molecule has 0 unspecified atom stereocenters. The molecule has 0 saturated heterocycles. The standard InChI is InChI=1S/C18H17N3O2/c1-12(13-6-5-7-14(10-13)23-2)20-21-18(22)16-11-19-17-9-4-3-8-15(16)17/h3-11,19H,1-2H3,(H,21,22)/b20-12+. The molecule has 0 aliphatic heterocycles. The third-order valence-corrected chi connectivity index (χ3v) is 3.65. The van der Waals surface area contributed by atoms with Crippen molar-refractivity contribution < 1.29 is 9.53 Å². The number of ether oxygens (including phenoxy) is 1. The number of carbonyl (C=O) groups is 1. The summed E-state index contributed by atoms with van der Waals surface area (Å²) in [6, 6.07) is 15.2. The van der Waals surface area contributed by atoms with E-state index in [1.807, 2.05) is 55.5 Å². The largest absolute Gasteiger partial charge is 0.497 e. The first-order valence-corrected chi connectivity index (χ1v) is 7.24. The molecule has 116 valence electrons. The number of aromatic amines is 1. The van der Waals surface area contributed by atoms with E-state index in [9.17, 15) is 4.79 Å². The van der Waals surface area contributed by atoms with E-state index >= 15 is 0 Å². The SMILES string of the molecule is COc1cccc(/C(C)=N/NC(=O)c2c[nH]c3ccccc23)c1. The lowest BCUT2D eigenvalue weighted by Gasteiger charge is -2.05. The van der Waals surface area contributed by atoms with E-state index in [1.165, 1.54) is 0 Å². The van der Waals surface area contributed by atoms with Crippen molar-refractivity contribution in [3.63, 3.8) is 0 Å².